The van der Waals surface area contributed by atoms with Crippen molar-refractivity contribution in [2.24, 2.45) is 0 Å². The number of hydrogen-bond acceptors (Lipinski definition) is 6. The van der Waals surface area contributed by atoms with Crippen LogP contribution in [0.15, 0.2) is 36.7 Å². The lowest BCUT2D eigenvalue weighted by atomic mass is 10.1. The summed E-state index contributed by atoms with van der Waals surface area (Å²) in [4.78, 5) is 16.8. The first-order chi connectivity index (χ1) is 12.4. The summed E-state index contributed by atoms with van der Waals surface area (Å²) < 4.78 is 15.3. The molecule has 0 bridgehead atoms. The number of anilines is 3. The molecule has 2 aromatic heterocycles. The number of carbonyl (C=O) groups is 1. The number of rotatable bonds is 4. The Kier molecular flexibility index (Phi) is 4.53. The van der Waals surface area contributed by atoms with Gasteiger partial charge >= 0.3 is 0 Å². The predicted octanol–water partition coefficient (Wildman–Crippen LogP) is 2.48. The fourth-order valence-electron chi connectivity index (χ4n) is 2.42. The van der Waals surface area contributed by atoms with E-state index < -0.39 is 11.7 Å². The minimum atomic E-state index is -0.674. The molecule has 0 fully saturated rings. The maximum atomic E-state index is 13.4. The number of benzene rings is 1. The van der Waals surface area contributed by atoms with Gasteiger partial charge in [-0.3, -0.25) is 4.79 Å². The van der Waals surface area contributed by atoms with Gasteiger partial charge in [0, 0.05) is 11.7 Å². The molecule has 1 aromatic carbocycles. The highest BCUT2D eigenvalue weighted by molar-refractivity contribution is 6.08. The first kappa shape index (κ1) is 17.3. The van der Waals surface area contributed by atoms with Crippen LogP contribution < -0.4 is 16.8 Å². The van der Waals surface area contributed by atoms with Gasteiger partial charge in [-0.05, 0) is 38.1 Å². The van der Waals surface area contributed by atoms with Crippen molar-refractivity contribution in [3.05, 3.63) is 48.0 Å². The molecule has 0 aliphatic rings. The lowest BCUT2D eigenvalue weighted by Gasteiger charge is -2.11. The van der Waals surface area contributed by atoms with E-state index in [0.29, 0.717) is 17.3 Å². The summed E-state index contributed by atoms with van der Waals surface area (Å²) >= 11 is 0. The van der Waals surface area contributed by atoms with E-state index in [1.807, 2.05) is 18.4 Å². The Balaban J connectivity index is 1.89. The van der Waals surface area contributed by atoms with Crippen molar-refractivity contribution >= 4 is 23.1 Å². The summed E-state index contributed by atoms with van der Waals surface area (Å²) in [6, 6.07) is 7.49. The molecule has 3 rings (SSSR count). The first-order valence-electron chi connectivity index (χ1n) is 7.89. The smallest absolute Gasteiger partial charge is 0.258 e. The van der Waals surface area contributed by atoms with Gasteiger partial charge in [-0.1, -0.05) is 6.07 Å². The van der Waals surface area contributed by atoms with Gasteiger partial charge < -0.3 is 21.4 Å². The van der Waals surface area contributed by atoms with E-state index in [1.54, 1.807) is 24.5 Å². The zero-order valence-corrected chi connectivity index (χ0v) is 14.3. The maximum Gasteiger partial charge on any atom is 0.258 e. The summed E-state index contributed by atoms with van der Waals surface area (Å²) in [6.45, 7) is 4.00. The third-order valence-corrected chi connectivity index (χ3v) is 3.76. The average molecular weight is 355 g/mol. The summed E-state index contributed by atoms with van der Waals surface area (Å²) in [5.74, 6) is -0.328. The lowest BCUT2D eigenvalue weighted by Crippen LogP contribution is -2.16. The van der Waals surface area contributed by atoms with Gasteiger partial charge in [0.05, 0.1) is 11.3 Å². The number of nitrogens with one attached hydrogen (secondary N) is 1. The Hall–Kier alpha value is -3.49. The zero-order chi connectivity index (χ0) is 18.8. The second kappa shape index (κ2) is 6.79. The predicted molar refractivity (Wildman–Crippen MR) is 96.8 cm³/mol. The van der Waals surface area contributed by atoms with E-state index in [1.165, 1.54) is 6.07 Å². The van der Waals surface area contributed by atoms with Crippen molar-refractivity contribution in [3.8, 4) is 11.5 Å². The van der Waals surface area contributed by atoms with Crippen molar-refractivity contribution in [2.75, 3.05) is 16.8 Å². The van der Waals surface area contributed by atoms with Gasteiger partial charge in [0.1, 0.15) is 23.7 Å². The number of aromatic nitrogens is 4. The van der Waals surface area contributed by atoms with Gasteiger partial charge in [0.2, 0.25) is 0 Å². The molecule has 1 amide bonds. The van der Waals surface area contributed by atoms with Crippen LogP contribution in [0.3, 0.4) is 0 Å². The summed E-state index contributed by atoms with van der Waals surface area (Å²) in [5.41, 5.74) is 11.7. The van der Waals surface area contributed by atoms with E-state index in [9.17, 15) is 9.18 Å². The van der Waals surface area contributed by atoms with Crippen LogP contribution >= 0.6 is 0 Å². The monoisotopic (exact) mass is 355 g/mol. The second-order valence-electron chi connectivity index (χ2n) is 5.98. The van der Waals surface area contributed by atoms with Crippen LogP contribution in [0.25, 0.3) is 11.5 Å². The Bertz CT molecular complexity index is 967. The number of carbonyl (C=O) groups excluding carboxylic acids is 1. The number of amides is 1. The molecular weight excluding hydrogens is 337 g/mol. The third-order valence-electron chi connectivity index (χ3n) is 3.76. The van der Waals surface area contributed by atoms with Crippen LogP contribution in [0.4, 0.5) is 21.6 Å². The molecule has 0 aliphatic heterocycles. The molecule has 8 nitrogen and oxygen atoms in total. The lowest BCUT2D eigenvalue weighted by molar-refractivity contribution is 0.102. The quantitative estimate of drug-likeness (QED) is 0.618. The first-order valence-corrected chi connectivity index (χ1v) is 7.89. The molecule has 2 heterocycles. The average Bonchev–Trinajstić information content (AvgIpc) is 3.08. The zero-order valence-electron chi connectivity index (χ0n) is 14.3. The van der Waals surface area contributed by atoms with Crippen molar-refractivity contribution in [1.82, 2.24) is 19.7 Å². The Morgan fingerprint density at radius 1 is 1.23 bits per heavy atom. The summed E-state index contributed by atoms with van der Waals surface area (Å²) in [6.07, 6.45) is 1.62. The summed E-state index contributed by atoms with van der Waals surface area (Å²) in [7, 11) is 0. The standard InChI is InChI=1S/C17H18FN7O/c1-9(2)25-8-21-24-16(25)14-4-3-5-15(22-14)23-17(26)10-6-13(20)11(18)7-12(10)19/h3-9H,19-20H2,1-2H3,(H,22,23,26). The molecule has 3 aromatic rings. The maximum absolute atomic E-state index is 13.4. The van der Waals surface area contributed by atoms with Gasteiger partial charge in [0.25, 0.3) is 5.91 Å². The van der Waals surface area contributed by atoms with E-state index in [4.69, 9.17) is 11.5 Å². The molecule has 0 unspecified atom stereocenters. The largest absolute Gasteiger partial charge is 0.398 e. The Morgan fingerprint density at radius 3 is 2.73 bits per heavy atom. The Morgan fingerprint density at radius 2 is 2.00 bits per heavy atom. The number of pyridine rings is 1. The number of halogens is 1. The van der Waals surface area contributed by atoms with Crippen LogP contribution in [0.1, 0.15) is 30.2 Å². The van der Waals surface area contributed by atoms with E-state index >= 15 is 0 Å². The van der Waals surface area contributed by atoms with Crippen LogP contribution in [0.2, 0.25) is 0 Å². The van der Waals surface area contributed by atoms with Crippen LogP contribution in [-0.2, 0) is 0 Å². The normalized spacial score (nSPS) is 10.9. The van der Waals surface area contributed by atoms with Crippen molar-refractivity contribution < 1.29 is 9.18 Å². The number of hydrogen-bond donors (Lipinski definition) is 3. The van der Waals surface area contributed by atoms with Gasteiger partial charge in [-0.15, -0.1) is 10.2 Å². The molecule has 0 saturated carbocycles. The number of nitrogens with zero attached hydrogens (tertiary/aromatic N) is 4. The molecule has 134 valence electrons. The number of nitrogen functional groups attached to an aromatic ring is 2. The molecule has 5 N–H and O–H groups in total. The molecule has 0 spiro atoms. The van der Waals surface area contributed by atoms with Gasteiger partial charge in [-0.2, -0.15) is 0 Å². The molecule has 0 aliphatic carbocycles. The SMILES string of the molecule is CC(C)n1cnnc1-c1cccc(NC(=O)c2cc(N)c(F)cc2N)n1. The fourth-order valence-corrected chi connectivity index (χ4v) is 2.42. The van der Waals surface area contributed by atoms with Crippen LogP contribution in [0.5, 0.6) is 0 Å². The molecule has 0 saturated heterocycles. The molecule has 0 atom stereocenters. The highest BCUT2D eigenvalue weighted by Crippen LogP contribution is 2.22. The molecule has 0 radical (unpaired) electrons. The number of nitrogens with two attached hydrogens (primary N) is 2. The van der Waals surface area contributed by atoms with E-state index in [2.05, 4.69) is 20.5 Å². The van der Waals surface area contributed by atoms with Gasteiger partial charge in [-0.25, -0.2) is 9.37 Å². The van der Waals surface area contributed by atoms with Crippen LogP contribution in [0, 0.1) is 5.82 Å². The van der Waals surface area contributed by atoms with Crippen molar-refractivity contribution in [1.29, 1.82) is 0 Å². The summed E-state index contributed by atoms with van der Waals surface area (Å²) in [5, 5.41) is 10.6. The van der Waals surface area contributed by atoms with Crippen molar-refractivity contribution in [2.45, 2.75) is 19.9 Å². The topological polar surface area (TPSA) is 125 Å². The third kappa shape index (κ3) is 3.32. The Labute approximate surface area is 149 Å². The minimum Gasteiger partial charge on any atom is -0.398 e. The van der Waals surface area contributed by atoms with Crippen LogP contribution in [-0.4, -0.2) is 25.7 Å². The highest BCUT2D eigenvalue weighted by atomic mass is 19.1. The highest BCUT2D eigenvalue weighted by Gasteiger charge is 2.15. The molecule has 9 heteroatoms. The van der Waals surface area contributed by atoms with E-state index in [0.717, 1.165) is 6.07 Å². The molecular formula is C17H18FN7O. The van der Waals surface area contributed by atoms with Crippen molar-refractivity contribution in [3.63, 3.8) is 0 Å². The van der Waals surface area contributed by atoms with Gasteiger partial charge in [0.15, 0.2) is 5.82 Å². The minimum absolute atomic E-state index is 0.00935. The molecule has 26 heavy (non-hydrogen) atoms. The van der Waals surface area contributed by atoms with E-state index in [-0.39, 0.29) is 23.0 Å². The fraction of sp³-hybridized carbons (Fsp3) is 0.176. The second-order valence-corrected chi connectivity index (χ2v) is 5.98.